The normalized spacial score (nSPS) is 11.2. The first-order chi connectivity index (χ1) is 14.9. The van der Waals surface area contributed by atoms with Crippen molar-refractivity contribution >= 4 is 34.7 Å². The number of benzene rings is 2. The van der Waals surface area contributed by atoms with Gasteiger partial charge in [0.2, 0.25) is 0 Å². The lowest BCUT2D eigenvalue weighted by Gasteiger charge is -2.27. The highest BCUT2D eigenvalue weighted by molar-refractivity contribution is 8.00. The minimum atomic E-state index is -0.348. The minimum Gasteiger partial charge on any atom is -0.491 e. The molecule has 1 aromatic heterocycles. The Morgan fingerprint density at radius 1 is 1.16 bits per heavy atom. The van der Waals surface area contributed by atoms with Crippen LogP contribution >= 0.6 is 34.7 Å². The van der Waals surface area contributed by atoms with Crippen LogP contribution in [0.3, 0.4) is 0 Å². The van der Waals surface area contributed by atoms with E-state index in [1.807, 2.05) is 55.8 Å². The quantitative estimate of drug-likeness (QED) is 0.311. The monoisotopic (exact) mass is 472 g/mol. The van der Waals surface area contributed by atoms with Gasteiger partial charge in [0.05, 0.1) is 27.6 Å². The van der Waals surface area contributed by atoms with Crippen LogP contribution in [0.2, 0.25) is 5.02 Å². The third-order valence-electron chi connectivity index (χ3n) is 5.01. The smallest absolute Gasteiger partial charge is 0.155 e. The Morgan fingerprint density at radius 3 is 2.52 bits per heavy atom. The number of thioether (sulfide) groups is 1. The number of thiazole rings is 1. The Kier molecular flexibility index (Phi) is 7.88. The summed E-state index contributed by atoms with van der Waals surface area (Å²) in [6.45, 7) is 7.22. The second-order valence-corrected chi connectivity index (χ2v) is 10.1. The van der Waals surface area contributed by atoms with E-state index in [1.54, 1.807) is 23.1 Å². The summed E-state index contributed by atoms with van der Waals surface area (Å²) in [5.41, 5.74) is 2.16. The number of hydrogen-bond donors (Lipinski definition) is 0. The number of aromatic nitrogens is 1. The highest BCUT2D eigenvalue weighted by Gasteiger charge is 2.26. The molecule has 1 heterocycles. The van der Waals surface area contributed by atoms with E-state index < -0.39 is 0 Å². The molecule has 0 spiro atoms. The van der Waals surface area contributed by atoms with Crippen molar-refractivity contribution in [3.63, 3.8) is 0 Å². The van der Waals surface area contributed by atoms with Crippen LogP contribution in [0.1, 0.15) is 48.9 Å². The van der Waals surface area contributed by atoms with Gasteiger partial charge >= 0.3 is 0 Å². The van der Waals surface area contributed by atoms with Crippen molar-refractivity contribution in [1.29, 1.82) is 5.26 Å². The Bertz CT molecular complexity index is 1070. The van der Waals surface area contributed by atoms with E-state index in [9.17, 15) is 5.26 Å². The molecule has 0 unspecified atom stereocenters. The third kappa shape index (κ3) is 5.54. The van der Waals surface area contributed by atoms with Gasteiger partial charge in [-0.25, -0.2) is 4.98 Å². The maximum Gasteiger partial charge on any atom is 0.155 e. The van der Waals surface area contributed by atoms with Crippen molar-refractivity contribution in [2.45, 2.75) is 43.4 Å². The van der Waals surface area contributed by atoms with Crippen molar-refractivity contribution in [2.24, 2.45) is 0 Å². The van der Waals surface area contributed by atoms with E-state index in [-0.39, 0.29) is 5.41 Å². The first kappa shape index (κ1) is 23.5. The van der Waals surface area contributed by atoms with Crippen LogP contribution < -0.4 is 9.47 Å². The number of nitrogens with zero attached hydrogens (tertiary/aromatic N) is 2. The lowest BCUT2D eigenvalue weighted by Crippen LogP contribution is -2.19. The second kappa shape index (κ2) is 10.4. The molecule has 31 heavy (non-hydrogen) atoms. The Morgan fingerprint density at radius 2 is 1.90 bits per heavy atom. The first-order valence-corrected chi connectivity index (χ1v) is 12.4. The predicted molar refractivity (Wildman–Crippen MR) is 129 cm³/mol. The topological polar surface area (TPSA) is 55.1 Å². The molecule has 7 heteroatoms. The standard InChI is InChI=1S/C24H25ClN2O2S2/c1-5-10-28-23-16(13-26)11-18(12-20(23)25)24(2,3)17-6-8-19(9-7-17)29-15-21-27-14-22(30-4)31-21/h6-9,11-12,14H,5,10,15H2,1-4H3. The molecular weight excluding hydrogens is 448 g/mol. The molecule has 0 aliphatic carbocycles. The summed E-state index contributed by atoms with van der Waals surface area (Å²) in [6, 6.07) is 14.0. The van der Waals surface area contributed by atoms with Crippen LogP contribution in [-0.2, 0) is 12.0 Å². The van der Waals surface area contributed by atoms with E-state index in [2.05, 4.69) is 24.9 Å². The summed E-state index contributed by atoms with van der Waals surface area (Å²) in [5.74, 6) is 1.25. The van der Waals surface area contributed by atoms with Crippen LogP contribution in [0.25, 0.3) is 0 Å². The number of nitriles is 1. The SMILES string of the molecule is CCCOc1c(Cl)cc(C(C)(C)c2ccc(OCc3ncc(SC)s3)cc2)cc1C#N. The second-order valence-electron chi connectivity index (χ2n) is 7.51. The first-order valence-electron chi connectivity index (χ1n) is 9.98. The Balaban J connectivity index is 1.78. The highest BCUT2D eigenvalue weighted by Crippen LogP contribution is 2.38. The molecule has 0 atom stereocenters. The highest BCUT2D eigenvalue weighted by atomic mass is 35.5. The van der Waals surface area contributed by atoms with Gasteiger partial charge in [-0.05, 0) is 48.1 Å². The largest absolute Gasteiger partial charge is 0.491 e. The van der Waals surface area contributed by atoms with Gasteiger partial charge < -0.3 is 9.47 Å². The summed E-state index contributed by atoms with van der Waals surface area (Å²) in [4.78, 5) is 4.37. The van der Waals surface area contributed by atoms with Gasteiger partial charge in [0.1, 0.15) is 23.4 Å². The van der Waals surface area contributed by atoms with Crippen LogP contribution in [0, 0.1) is 11.3 Å². The average molecular weight is 473 g/mol. The van der Waals surface area contributed by atoms with Crippen molar-refractivity contribution in [3.05, 3.63) is 69.3 Å². The van der Waals surface area contributed by atoms with E-state index >= 15 is 0 Å². The van der Waals surface area contributed by atoms with Gasteiger partial charge in [-0.15, -0.1) is 23.1 Å². The Hall–Kier alpha value is -2.20. The van der Waals surface area contributed by atoms with Gasteiger partial charge in [-0.1, -0.05) is 44.5 Å². The molecule has 0 saturated carbocycles. The van der Waals surface area contributed by atoms with Crippen LogP contribution in [0.15, 0.2) is 46.8 Å². The third-order valence-corrected chi connectivity index (χ3v) is 7.31. The summed E-state index contributed by atoms with van der Waals surface area (Å²) >= 11 is 9.81. The predicted octanol–water partition coefficient (Wildman–Crippen LogP) is 7.08. The maximum atomic E-state index is 9.60. The number of hydrogen-bond acceptors (Lipinski definition) is 6. The van der Waals surface area contributed by atoms with Gasteiger partial charge in [-0.3, -0.25) is 0 Å². The molecular formula is C24H25ClN2O2S2. The minimum absolute atomic E-state index is 0.348. The fraction of sp³-hybridized carbons (Fsp3) is 0.333. The van der Waals surface area contributed by atoms with Gasteiger partial charge in [-0.2, -0.15) is 5.26 Å². The number of ether oxygens (including phenoxy) is 2. The van der Waals surface area contributed by atoms with Crippen LogP contribution in [-0.4, -0.2) is 17.8 Å². The zero-order valence-corrected chi connectivity index (χ0v) is 20.5. The zero-order chi connectivity index (χ0) is 22.4. The van der Waals surface area contributed by atoms with Crippen molar-refractivity contribution in [3.8, 4) is 17.6 Å². The van der Waals surface area contributed by atoms with E-state index in [0.29, 0.717) is 29.5 Å². The summed E-state index contributed by atoms with van der Waals surface area (Å²) in [5, 5.41) is 11.0. The molecule has 162 valence electrons. The average Bonchev–Trinajstić information content (AvgIpc) is 3.24. The fourth-order valence-electron chi connectivity index (χ4n) is 3.12. The van der Waals surface area contributed by atoms with E-state index in [4.69, 9.17) is 21.1 Å². The van der Waals surface area contributed by atoms with E-state index in [1.165, 1.54) is 4.21 Å². The summed E-state index contributed by atoms with van der Waals surface area (Å²) < 4.78 is 12.8. The van der Waals surface area contributed by atoms with Crippen LogP contribution in [0.4, 0.5) is 0 Å². The van der Waals surface area contributed by atoms with Crippen molar-refractivity contribution < 1.29 is 9.47 Å². The van der Waals surface area contributed by atoms with Crippen molar-refractivity contribution in [1.82, 2.24) is 4.98 Å². The van der Waals surface area contributed by atoms with Crippen molar-refractivity contribution in [2.75, 3.05) is 12.9 Å². The molecule has 0 saturated heterocycles. The maximum absolute atomic E-state index is 9.60. The summed E-state index contributed by atoms with van der Waals surface area (Å²) in [6.07, 6.45) is 4.76. The molecule has 0 amide bonds. The molecule has 0 radical (unpaired) electrons. The lowest BCUT2D eigenvalue weighted by atomic mass is 9.77. The molecule has 3 rings (SSSR count). The molecule has 0 aliphatic rings. The molecule has 0 N–H and O–H groups in total. The molecule has 0 aliphatic heterocycles. The van der Waals surface area contributed by atoms with Crippen LogP contribution in [0.5, 0.6) is 11.5 Å². The molecule has 0 fully saturated rings. The van der Waals surface area contributed by atoms with Gasteiger partial charge in [0, 0.05) is 5.41 Å². The molecule has 0 bridgehead atoms. The lowest BCUT2D eigenvalue weighted by molar-refractivity contribution is 0.305. The summed E-state index contributed by atoms with van der Waals surface area (Å²) in [7, 11) is 0. The van der Waals surface area contributed by atoms with Gasteiger partial charge in [0.15, 0.2) is 5.75 Å². The molecule has 4 nitrogen and oxygen atoms in total. The zero-order valence-electron chi connectivity index (χ0n) is 18.1. The Labute approximate surface area is 197 Å². The van der Waals surface area contributed by atoms with Gasteiger partial charge in [0.25, 0.3) is 0 Å². The molecule has 2 aromatic carbocycles. The fourth-order valence-corrected chi connectivity index (χ4v) is 4.74. The number of rotatable bonds is 9. The van der Waals surface area contributed by atoms with E-state index in [0.717, 1.165) is 28.3 Å². The number of halogens is 1. The molecule has 3 aromatic rings.